The minimum Gasteiger partial charge on any atom is -0.391 e. The molecule has 4 nitrogen and oxygen atoms in total. The van der Waals surface area contributed by atoms with Gasteiger partial charge in [0.25, 0.3) is 0 Å². The van der Waals surface area contributed by atoms with Crippen molar-refractivity contribution in [2.75, 3.05) is 19.6 Å². The van der Waals surface area contributed by atoms with E-state index in [2.05, 4.69) is 9.89 Å². The standard InChI is InChI=1S/C11H18N2O2/c1-8(14)11(2)4-3-9(12-11)5-13-6-10(15)7-13/h3-4,8,10,14-15H,5-7H2,1-2H3/t8-,11?/m1/s1. The molecule has 1 fully saturated rings. The van der Waals surface area contributed by atoms with Crippen LogP contribution in [0.25, 0.3) is 0 Å². The van der Waals surface area contributed by atoms with E-state index in [1.54, 1.807) is 6.92 Å². The van der Waals surface area contributed by atoms with Crippen molar-refractivity contribution in [3.63, 3.8) is 0 Å². The van der Waals surface area contributed by atoms with Crippen LogP contribution in [0.4, 0.5) is 0 Å². The lowest BCUT2D eigenvalue weighted by atomic mass is 9.98. The van der Waals surface area contributed by atoms with Gasteiger partial charge in [0.2, 0.25) is 0 Å². The Hall–Kier alpha value is -0.710. The average molecular weight is 210 g/mol. The molecular weight excluding hydrogens is 192 g/mol. The SMILES string of the molecule is C[C@@H](O)C1(C)C=CC(CN2CC(O)C2)=N1. The first-order chi connectivity index (χ1) is 6.99. The monoisotopic (exact) mass is 210 g/mol. The molecule has 2 aliphatic heterocycles. The number of aliphatic hydroxyl groups is 2. The van der Waals surface area contributed by atoms with Crippen molar-refractivity contribution in [1.82, 2.24) is 4.90 Å². The largest absolute Gasteiger partial charge is 0.391 e. The van der Waals surface area contributed by atoms with Crippen molar-refractivity contribution in [1.29, 1.82) is 0 Å². The van der Waals surface area contributed by atoms with E-state index < -0.39 is 11.6 Å². The zero-order chi connectivity index (χ0) is 11.1. The second-order valence-corrected chi connectivity index (χ2v) is 4.69. The van der Waals surface area contributed by atoms with Crippen LogP contribution in [0.1, 0.15) is 13.8 Å². The number of hydrogen-bond donors (Lipinski definition) is 2. The lowest BCUT2D eigenvalue weighted by Gasteiger charge is -2.35. The van der Waals surface area contributed by atoms with E-state index in [1.165, 1.54) is 0 Å². The maximum atomic E-state index is 9.56. The van der Waals surface area contributed by atoms with Crippen molar-refractivity contribution < 1.29 is 10.2 Å². The minimum absolute atomic E-state index is 0.167. The van der Waals surface area contributed by atoms with E-state index in [9.17, 15) is 5.11 Å². The summed E-state index contributed by atoms with van der Waals surface area (Å²) in [5, 5.41) is 18.7. The summed E-state index contributed by atoms with van der Waals surface area (Å²) in [7, 11) is 0. The van der Waals surface area contributed by atoms with Crippen LogP contribution in [0.15, 0.2) is 17.1 Å². The van der Waals surface area contributed by atoms with Crippen LogP contribution >= 0.6 is 0 Å². The Morgan fingerprint density at radius 3 is 2.80 bits per heavy atom. The Balaban J connectivity index is 1.93. The first-order valence-corrected chi connectivity index (χ1v) is 5.36. The Kier molecular flexibility index (Phi) is 2.66. The fraction of sp³-hybridized carbons (Fsp3) is 0.727. The molecular formula is C11H18N2O2. The van der Waals surface area contributed by atoms with Gasteiger partial charge in [0.05, 0.1) is 12.2 Å². The number of aliphatic hydroxyl groups excluding tert-OH is 2. The van der Waals surface area contributed by atoms with Crippen LogP contribution in [0.3, 0.4) is 0 Å². The molecule has 2 heterocycles. The molecule has 0 aromatic heterocycles. The maximum Gasteiger partial charge on any atom is 0.102 e. The molecule has 1 saturated heterocycles. The Morgan fingerprint density at radius 1 is 1.67 bits per heavy atom. The summed E-state index contributed by atoms with van der Waals surface area (Å²) < 4.78 is 0. The van der Waals surface area contributed by atoms with Gasteiger partial charge < -0.3 is 10.2 Å². The van der Waals surface area contributed by atoms with Gasteiger partial charge in [0.1, 0.15) is 5.54 Å². The first kappa shape index (κ1) is 10.8. The molecule has 1 unspecified atom stereocenters. The van der Waals surface area contributed by atoms with Crippen LogP contribution in [-0.4, -0.2) is 58.2 Å². The highest BCUT2D eigenvalue weighted by atomic mass is 16.3. The van der Waals surface area contributed by atoms with Gasteiger partial charge in [-0.1, -0.05) is 6.08 Å². The van der Waals surface area contributed by atoms with Crippen LogP contribution in [-0.2, 0) is 0 Å². The van der Waals surface area contributed by atoms with Crippen molar-refractivity contribution >= 4 is 5.71 Å². The molecule has 0 amide bonds. The number of nitrogens with zero attached hydrogens (tertiary/aromatic N) is 2. The average Bonchev–Trinajstić information content (AvgIpc) is 2.46. The van der Waals surface area contributed by atoms with Crippen LogP contribution in [0.5, 0.6) is 0 Å². The minimum atomic E-state index is -0.465. The molecule has 0 bridgehead atoms. The summed E-state index contributed by atoms with van der Waals surface area (Å²) in [6.45, 7) is 5.92. The third-order valence-electron chi connectivity index (χ3n) is 3.17. The van der Waals surface area contributed by atoms with Crippen molar-refractivity contribution in [3.8, 4) is 0 Å². The molecule has 4 heteroatoms. The predicted octanol–water partition coefficient (Wildman–Crippen LogP) is -0.187. The molecule has 84 valence electrons. The fourth-order valence-electron chi connectivity index (χ4n) is 1.87. The van der Waals surface area contributed by atoms with Crippen LogP contribution in [0.2, 0.25) is 0 Å². The number of aliphatic imine (C=N–C) groups is 1. The highest BCUT2D eigenvalue weighted by molar-refractivity contribution is 5.99. The number of rotatable bonds is 3. The number of hydrogen-bond acceptors (Lipinski definition) is 4. The van der Waals surface area contributed by atoms with Gasteiger partial charge in [-0.05, 0) is 19.9 Å². The highest BCUT2D eigenvalue weighted by Crippen LogP contribution is 2.23. The lowest BCUT2D eigenvalue weighted by Crippen LogP contribution is -2.52. The zero-order valence-electron chi connectivity index (χ0n) is 9.22. The van der Waals surface area contributed by atoms with Gasteiger partial charge in [-0.2, -0.15) is 0 Å². The molecule has 2 rings (SSSR count). The Bertz CT molecular complexity index is 306. The zero-order valence-corrected chi connectivity index (χ0v) is 9.22. The molecule has 0 aromatic rings. The number of likely N-dealkylation sites (tertiary alicyclic amines) is 1. The summed E-state index contributed by atoms with van der Waals surface area (Å²) in [5.41, 5.74) is 0.532. The van der Waals surface area contributed by atoms with Gasteiger partial charge in [0.15, 0.2) is 0 Å². The van der Waals surface area contributed by atoms with E-state index in [0.29, 0.717) is 0 Å². The van der Waals surface area contributed by atoms with E-state index in [0.717, 1.165) is 25.3 Å². The summed E-state index contributed by atoms with van der Waals surface area (Å²) >= 11 is 0. The summed E-state index contributed by atoms with van der Waals surface area (Å²) in [6.07, 6.45) is 3.29. The molecule has 0 radical (unpaired) electrons. The molecule has 2 N–H and O–H groups in total. The van der Waals surface area contributed by atoms with Gasteiger partial charge >= 0.3 is 0 Å². The van der Waals surface area contributed by atoms with E-state index in [4.69, 9.17) is 5.11 Å². The molecule has 0 aliphatic carbocycles. The second-order valence-electron chi connectivity index (χ2n) is 4.69. The van der Waals surface area contributed by atoms with Crippen molar-refractivity contribution in [2.24, 2.45) is 4.99 Å². The van der Waals surface area contributed by atoms with Crippen LogP contribution < -0.4 is 0 Å². The van der Waals surface area contributed by atoms with Crippen molar-refractivity contribution in [3.05, 3.63) is 12.2 Å². The summed E-state index contributed by atoms with van der Waals surface area (Å²) in [6, 6.07) is 0. The maximum absolute atomic E-state index is 9.56. The van der Waals surface area contributed by atoms with Crippen LogP contribution in [0, 0.1) is 0 Å². The normalized spacial score (nSPS) is 34.0. The van der Waals surface area contributed by atoms with Gasteiger partial charge in [-0.3, -0.25) is 9.89 Å². The third kappa shape index (κ3) is 2.12. The fourth-order valence-corrected chi connectivity index (χ4v) is 1.87. The second kappa shape index (κ2) is 3.70. The molecule has 15 heavy (non-hydrogen) atoms. The topological polar surface area (TPSA) is 56.1 Å². The third-order valence-corrected chi connectivity index (χ3v) is 3.17. The molecule has 0 spiro atoms. The quantitative estimate of drug-likeness (QED) is 0.679. The molecule has 0 aromatic carbocycles. The molecule has 0 saturated carbocycles. The summed E-state index contributed by atoms with van der Waals surface area (Å²) in [4.78, 5) is 6.64. The van der Waals surface area contributed by atoms with Gasteiger partial charge in [0, 0.05) is 25.3 Å². The Morgan fingerprint density at radius 2 is 2.33 bits per heavy atom. The lowest BCUT2D eigenvalue weighted by molar-refractivity contribution is 0.0124. The Labute approximate surface area is 89.9 Å². The smallest absolute Gasteiger partial charge is 0.102 e. The van der Waals surface area contributed by atoms with E-state index in [1.807, 2.05) is 19.1 Å². The van der Waals surface area contributed by atoms with Gasteiger partial charge in [-0.25, -0.2) is 0 Å². The van der Waals surface area contributed by atoms with Crippen molar-refractivity contribution in [2.45, 2.75) is 31.6 Å². The predicted molar refractivity (Wildman–Crippen MR) is 59.1 cm³/mol. The highest BCUT2D eigenvalue weighted by Gasteiger charge is 2.32. The number of β-amino-alcohol motifs (C(OH)–C–C–N with tert-alkyl or cyclic N) is 1. The molecule has 2 aliphatic rings. The van der Waals surface area contributed by atoms with Gasteiger partial charge in [-0.15, -0.1) is 0 Å². The first-order valence-electron chi connectivity index (χ1n) is 5.36. The van der Waals surface area contributed by atoms with E-state index in [-0.39, 0.29) is 6.10 Å². The molecule has 2 atom stereocenters. The summed E-state index contributed by atoms with van der Waals surface area (Å²) in [5.74, 6) is 0. The van der Waals surface area contributed by atoms with E-state index >= 15 is 0 Å².